The maximum atomic E-state index is 4.27. The zero-order valence-corrected chi connectivity index (χ0v) is 13.5. The van der Waals surface area contributed by atoms with E-state index in [4.69, 9.17) is 0 Å². The van der Waals surface area contributed by atoms with Crippen LogP contribution in [0.15, 0.2) is 66.7 Å². The lowest BCUT2D eigenvalue weighted by atomic mass is 9.87. The molecular weight excluding hydrogens is 280 g/mol. The summed E-state index contributed by atoms with van der Waals surface area (Å²) in [6.45, 7) is 9.42. The summed E-state index contributed by atoms with van der Waals surface area (Å²) in [5.74, 6) is 0.401. The van der Waals surface area contributed by atoms with E-state index in [0.29, 0.717) is 5.92 Å². The molecule has 0 saturated carbocycles. The molecule has 1 aliphatic rings. The van der Waals surface area contributed by atoms with Gasteiger partial charge in [0.2, 0.25) is 0 Å². The first-order valence-electron chi connectivity index (χ1n) is 8.23. The lowest BCUT2D eigenvalue weighted by Crippen LogP contribution is -2.33. The van der Waals surface area contributed by atoms with Gasteiger partial charge in [-0.3, -0.25) is 4.90 Å². The van der Waals surface area contributed by atoms with Crippen molar-refractivity contribution < 1.29 is 0 Å². The van der Waals surface area contributed by atoms with Crippen LogP contribution >= 0.6 is 0 Å². The number of hydrogen-bond acceptors (Lipinski definition) is 1. The highest BCUT2D eigenvalue weighted by Gasteiger charge is 2.29. The Bertz CT molecular complexity index is 845. The maximum Gasteiger partial charge on any atom is 0.0459 e. The fourth-order valence-electron chi connectivity index (χ4n) is 3.74. The van der Waals surface area contributed by atoms with Crippen LogP contribution in [0.1, 0.15) is 29.7 Å². The van der Waals surface area contributed by atoms with E-state index in [1.54, 1.807) is 0 Å². The van der Waals surface area contributed by atoms with Crippen molar-refractivity contribution in [2.75, 3.05) is 6.54 Å². The lowest BCUT2D eigenvalue weighted by molar-refractivity contribution is 0.229. The summed E-state index contributed by atoms with van der Waals surface area (Å²) in [4.78, 5) is 6.15. The van der Waals surface area contributed by atoms with Crippen molar-refractivity contribution in [2.24, 2.45) is 0 Å². The molecule has 3 aromatic rings. The summed E-state index contributed by atoms with van der Waals surface area (Å²) in [5.41, 5.74) is 6.66. The van der Waals surface area contributed by atoms with Gasteiger partial charge in [0.15, 0.2) is 0 Å². The molecule has 1 N–H and O–H groups in total. The normalized spacial score (nSPS) is 18.0. The minimum atomic E-state index is 0.401. The highest BCUT2D eigenvalue weighted by molar-refractivity contribution is 5.86. The van der Waals surface area contributed by atoms with Crippen LogP contribution in [0, 0.1) is 0 Å². The van der Waals surface area contributed by atoms with Crippen LogP contribution in [0.25, 0.3) is 10.9 Å². The van der Waals surface area contributed by atoms with Crippen molar-refractivity contribution in [2.45, 2.75) is 25.9 Å². The predicted molar refractivity (Wildman–Crippen MR) is 96.4 cm³/mol. The van der Waals surface area contributed by atoms with Gasteiger partial charge in [-0.2, -0.15) is 0 Å². The molecule has 2 heteroatoms. The van der Waals surface area contributed by atoms with Gasteiger partial charge < -0.3 is 4.98 Å². The van der Waals surface area contributed by atoms with E-state index >= 15 is 0 Å². The number of H-pyrrole nitrogens is 1. The topological polar surface area (TPSA) is 19.0 Å². The van der Waals surface area contributed by atoms with Gasteiger partial charge in [0, 0.05) is 42.1 Å². The first-order valence-corrected chi connectivity index (χ1v) is 8.23. The third-order valence-corrected chi connectivity index (χ3v) is 4.84. The van der Waals surface area contributed by atoms with Gasteiger partial charge in [0.1, 0.15) is 0 Å². The molecular formula is C21H22N2. The first kappa shape index (κ1) is 14.3. The number of hydrogen-bond donors (Lipinski definition) is 1. The lowest BCUT2D eigenvalue weighted by Gasteiger charge is -2.33. The number of aromatic amines is 1. The van der Waals surface area contributed by atoms with Gasteiger partial charge in [-0.15, -0.1) is 0 Å². The number of rotatable bonds is 3. The standard InChI is InChI=1S/C21H22N2/c1-15(2)18-13-23(12-16-8-4-3-5-9-16)14-20-21(18)17-10-6-7-11-19(17)22-20/h3-11,18,22H,1,12-14H2,2H3/t18-/m1/s1. The summed E-state index contributed by atoms with van der Waals surface area (Å²) in [6.07, 6.45) is 0. The zero-order valence-electron chi connectivity index (χ0n) is 13.5. The summed E-state index contributed by atoms with van der Waals surface area (Å²) < 4.78 is 0. The molecule has 0 saturated heterocycles. The summed E-state index contributed by atoms with van der Waals surface area (Å²) in [7, 11) is 0. The molecule has 0 unspecified atom stereocenters. The van der Waals surface area contributed by atoms with Crippen LogP contribution in [0.5, 0.6) is 0 Å². The summed E-state index contributed by atoms with van der Waals surface area (Å²) in [5, 5.41) is 1.36. The van der Waals surface area contributed by atoms with Gasteiger partial charge in [-0.1, -0.05) is 60.7 Å². The molecule has 2 aromatic carbocycles. The minimum Gasteiger partial charge on any atom is -0.357 e. The first-order chi connectivity index (χ1) is 11.2. The third-order valence-electron chi connectivity index (χ3n) is 4.84. The van der Waals surface area contributed by atoms with Crippen LogP contribution in [-0.4, -0.2) is 16.4 Å². The average Bonchev–Trinajstić information content (AvgIpc) is 2.93. The molecule has 116 valence electrons. The van der Waals surface area contributed by atoms with Crippen LogP contribution in [0.3, 0.4) is 0 Å². The fourth-order valence-corrected chi connectivity index (χ4v) is 3.74. The highest BCUT2D eigenvalue weighted by Crippen LogP contribution is 2.38. The fraction of sp³-hybridized carbons (Fsp3) is 0.238. The Balaban J connectivity index is 1.72. The molecule has 0 amide bonds. The van der Waals surface area contributed by atoms with E-state index in [2.05, 4.69) is 78.0 Å². The molecule has 2 nitrogen and oxygen atoms in total. The summed E-state index contributed by atoms with van der Waals surface area (Å²) >= 11 is 0. The van der Waals surface area contributed by atoms with E-state index in [-0.39, 0.29) is 0 Å². The van der Waals surface area contributed by atoms with E-state index in [1.807, 2.05) is 0 Å². The second-order valence-electron chi connectivity index (χ2n) is 6.62. The highest BCUT2D eigenvalue weighted by atomic mass is 15.1. The van der Waals surface area contributed by atoms with Gasteiger partial charge in [0.25, 0.3) is 0 Å². The van der Waals surface area contributed by atoms with Gasteiger partial charge >= 0.3 is 0 Å². The number of nitrogens with zero attached hydrogens (tertiary/aromatic N) is 1. The molecule has 0 bridgehead atoms. The molecule has 0 radical (unpaired) electrons. The van der Waals surface area contributed by atoms with Crippen molar-refractivity contribution in [1.82, 2.24) is 9.88 Å². The molecule has 0 fully saturated rings. The number of aromatic nitrogens is 1. The van der Waals surface area contributed by atoms with E-state index < -0.39 is 0 Å². The smallest absolute Gasteiger partial charge is 0.0459 e. The second-order valence-corrected chi connectivity index (χ2v) is 6.62. The Morgan fingerprint density at radius 3 is 2.65 bits per heavy atom. The number of fused-ring (bicyclic) bond motifs is 3. The number of para-hydroxylation sites is 1. The SMILES string of the molecule is C=C(C)[C@H]1CN(Cc2ccccc2)Cc2[nH]c3ccccc3c21. The van der Waals surface area contributed by atoms with Crippen molar-refractivity contribution in [3.8, 4) is 0 Å². The second kappa shape index (κ2) is 5.71. The monoisotopic (exact) mass is 302 g/mol. The van der Waals surface area contributed by atoms with Crippen molar-refractivity contribution >= 4 is 10.9 Å². The van der Waals surface area contributed by atoms with E-state index in [1.165, 1.54) is 33.3 Å². The Hall–Kier alpha value is -2.32. The zero-order chi connectivity index (χ0) is 15.8. The largest absolute Gasteiger partial charge is 0.357 e. The van der Waals surface area contributed by atoms with Crippen LogP contribution in [0.2, 0.25) is 0 Å². The third kappa shape index (κ3) is 2.60. The molecule has 4 rings (SSSR count). The Kier molecular flexibility index (Phi) is 3.55. The van der Waals surface area contributed by atoms with Crippen molar-refractivity contribution in [3.63, 3.8) is 0 Å². The van der Waals surface area contributed by atoms with Crippen LogP contribution in [-0.2, 0) is 13.1 Å². The Morgan fingerprint density at radius 2 is 1.87 bits per heavy atom. The van der Waals surface area contributed by atoms with Gasteiger partial charge in [-0.25, -0.2) is 0 Å². The van der Waals surface area contributed by atoms with Crippen LogP contribution in [0.4, 0.5) is 0 Å². The molecule has 1 aliphatic heterocycles. The molecule has 1 aromatic heterocycles. The average molecular weight is 302 g/mol. The van der Waals surface area contributed by atoms with Crippen molar-refractivity contribution in [3.05, 3.63) is 83.6 Å². The Morgan fingerprint density at radius 1 is 1.13 bits per heavy atom. The number of nitrogens with one attached hydrogen (secondary N) is 1. The molecule has 23 heavy (non-hydrogen) atoms. The van der Waals surface area contributed by atoms with Gasteiger partial charge in [-0.05, 0) is 24.1 Å². The van der Waals surface area contributed by atoms with E-state index in [0.717, 1.165) is 19.6 Å². The molecule has 1 atom stereocenters. The van der Waals surface area contributed by atoms with E-state index in [9.17, 15) is 0 Å². The predicted octanol–water partition coefficient (Wildman–Crippen LogP) is 4.84. The molecule has 2 heterocycles. The number of benzene rings is 2. The van der Waals surface area contributed by atoms with Crippen molar-refractivity contribution in [1.29, 1.82) is 0 Å². The summed E-state index contributed by atoms with van der Waals surface area (Å²) in [6, 6.07) is 19.3. The van der Waals surface area contributed by atoms with Gasteiger partial charge in [0.05, 0.1) is 0 Å². The minimum absolute atomic E-state index is 0.401. The Labute approximate surface area is 137 Å². The van der Waals surface area contributed by atoms with Crippen LogP contribution < -0.4 is 0 Å². The molecule has 0 aliphatic carbocycles. The maximum absolute atomic E-state index is 4.27. The quantitative estimate of drug-likeness (QED) is 0.686. The molecule has 0 spiro atoms.